The lowest BCUT2D eigenvalue weighted by molar-refractivity contribution is -0.116. The number of hydrogen-bond donors (Lipinski definition) is 1. The Morgan fingerprint density at radius 3 is 2.70 bits per heavy atom. The molecule has 1 saturated carbocycles. The first kappa shape index (κ1) is 17.8. The van der Waals surface area contributed by atoms with E-state index in [9.17, 15) is 9.59 Å². The summed E-state index contributed by atoms with van der Waals surface area (Å²) in [5, 5.41) is 3.61. The summed E-state index contributed by atoms with van der Waals surface area (Å²) in [4.78, 5) is 30.1. The van der Waals surface area contributed by atoms with Crippen LogP contribution in [0, 0.1) is 0 Å². The summed E-state index contributed by atoms with van der Waals surface area (Å²) in [7, 11) is 0. The maximum atomic E-state index is 12.7. The molecule has 0 unspecified atom stereocenters. The summed E-state index contributed by atoms with van der Waals surface area (Å²) < 4.78 is 1.46. The number of rotatable bonds is 5. The zero-order valence-corrected chi connectivity index (χ0v) is 15.7. The van der Waals surface area contributed by atoms with Crippen molar-refractivity contribution in [3.63, 3.8) is 0 Å². The largest absolute Gasteiger partial charge is 0.324 e. The van der Waals surface area contributed by atoms with Crippen LogP contribution in [0.4, 0.5) is 5.69 Å². The molecule has 6 heteroatoms. The molecule has 0 bridgehead atoms. The fraction of sp³-hybridized carbons (Fsp3) is 0.286. The van der Waals surface area contributed by atoms with E-state index in [1.807, 2.05) is 54.2 Å². The van der Waals surface area contributed by atoms with Crippen LogP contribution in [0.1, 0.15) is 25.7 Å². The first-order chi connectivity index (χ1) is 13.2. The van der Waals surface area contributed by atoms with Crippen molar-refractivity contribution in [3.05, 3.63) is 65.1 Å². The lowest BCUT2D eigenvalue weighted by Crippen LogP contribution is -2.28. The predicted molar refractivity (Wildman–Crippen MR) is 109 cm³/mol. The van der Waals surface area contributed by atoms with Crippen molar-refractivity contribution in [1.82, 2.24) is 9.55 Å². The number of para-hydroxylation sites is 3. The summed E-state index contributed by atoms with van der Waals surface area (Å²) in [6.07, 6.45) is 6.28. The maximum Gasteiger partial charge on any atom is 0.269 e. The molecular formula is C21H21N3O2S. The van der Waals surface area contributed by atoms with Crippen LogP contribution in [-0.2, 0) is 11.3 Å². The first-order valence-corrected chi connectivity index (χ1v) is 10.1. The highest BCUT2D eigenvalue weighted by atomic mass is 32.2. The number of hydrogen-bond acceptors (Lipinski definition) is 4. The Hall–Kier alpha value is -2.60. The molecule has 0 spiro atoms. The molecule has 1 fully saturated rings. The van der Waals surface area contributed by atoms with Crippen molar-refractivity contribution in [1.29, 1.82) is 0 Å². The van der Waals surface area contributed by atoms with Gasteiger partial charge in [0.2, 0.25) is 5.91 Å². The second-order valence-corrected chi connectivity index (χ2v) is 8.08. The highest BCUT2D eigenvalue weighted by molar-refractivity contribution is 8.00. The van der Waals surface area contributed by atoms with Gasteiger partial charge in [0.05, 0.1) is 22.9 Å². The predicted octanol–water partition coefficient (Wildman–Crippen LogP) is 4.07. The van der Waals surface area contributed by atoms with E-state index in [0.717, 1.165) is 10.6 Å². The molecule has 1 N–H and O–H groups in total. The van der Waals surface area contributed by atoms with Crippen LogP contribution in [0.15, 0.2) is 64.4 Å². The van der Waals surface area contributed by atoms with E-state index in [4.69, 9.17) is 0 Å². The van der Waals surface area contributed by atoms with Crippen LogP contribution in [-0.4, -0.2) is 20.7 Å². The highest BCUT2D eigenvalue weighted by Crippen LogP contribution is 2.37. The Morgan fingerprint density at radius 2 is 1.85 bits per heavy atom. The summed E-state index contributed by atoms with van der Waals surface area (Å²) in [5.74, 6) is -0.215. The number of aromatic nitrogens is 2. The average molecular weight is 379 g/mol. The number of benzene rings is 2. The van der Waals surface area contributed by atoms with E-state index in [0.29, 0.717) is 16.3 Å². The van der Waals surface area contributed by atoms with E-state index in [1.54, 1.807) is 6.07 Å². The van der Waals surface area contributed by atoms with Gasteiger partial charge in [0.15, 0.2) is 0 Å². The van der Waals surface area contributed by atoms with Gasteiger partial charge in [-0.15, -0.1) is 11.8 Å². The number of nitrogens with zero attached hydrogens (tertiary/aromatic N) is 2. The smallest absolute Gasteiger partial charge is 0.269 e. The minimum Gasteiger partial charge on any atom is -0.324 e. The minimum atomic E-state index is -0.280. The molecule has 5 nitrogen and oxygen atoms in total. The van der Waals surface area contributed by atoms with E-state index in [1.165, 1.54) is 36.4 Å². The molecule has 0 saturated heterocycles. The van der Waals surface area contributed by atoms with Gasteiger partial charge in [-0.1, -0.05) is 37.1 Å². The monoisotopic (exact) mass is 379 g/mol. The van der Waals surface area contributed by atoms with Crippen LogP contribution in [0.5, 0.6) is 0 Å². The number of fused-ring (bicyclic) bond motifs is 1. The Morgan fingerprint density at radius 1 is 1.11 bits per heavy atom. The third-order valence-corrected chi connectivity index (χ3v) is 6.23. The van der Waals surface area contributed by atoms with Crippen molar-refractivity contribution < 1.29 is 4.79 Å². The van der Waals surface area contributed by atoms with Gasteiger partial charge in [-0.25, -0.2) is 4.98 Å². The van der Waals surface area contributed by atoms with Gasteiger partial charge in [-0.3, -0.25) is 14.2 Å². The van der Waals surface area contributed by atoms with E-state index in [-0.39, 0.29) is 18.0 Å². The SMILES string of the molecule is O=C(Cn1c(=O)cnc2ccccc21)Nc1ccccc1SC1CCCC1. The number of carbonyl (C=O) groups is 1. The van der Waals surface area contributed by atoms with Crippen LogP contribution < -0.4 is 10.9 Å². The second-order valence-electron chi connectivity index (χ2n) is 6.74. The molecule has 1 amide bonds. The molecule has 3 aromatic rings. The second kappa shape index (κ2) is 7.96. The quantitative estimate of drug-likeness (QED) is 0.726. The van der Waals surface area contributed by atoms with Gasteiger partial charge < -0.3 is 5.32 Å². The van der Waals surface area contributed by atoms with E-state index < -0.39 is 0 Å². The fourth-order valence-corrected chi connectivity index (χ4v) is 4.80. The van der Waals surface area contributed by atoms with Crippen molar-refractivity contribution in [2.75, 3.05) is 5.32 Å². The lowest BCUT2D eigenvalue weighted by Gasteiger charge is -2.15. The molecule has 1 heterocycles. The van der Waals surface area contributed by atoms with Crippen molar-refractivity contribution in [2.45, 2.75) is 42.4 Å². The average Bonchev–Trinajstić information content (AvgIpc) is 3.19. The van der Waals surface area contributed by atoms with Crippen LogP contribution in [0.3, 0.4) is 0 Å². The van der Waals surface area contributed by atoms with Gasteiger partial charge in [-0.05, 0) is 37.1 Å². The zero-order valence-electron chi connectivity index (χ0n) is 14.9. The topological polar surface area (TPSA) is 64.0 Å². The highest BCUT2D eigenvalue weighted by Gasteiger charge is 2.18. The molecule has 138 valence electrons. The number of nitrogens with one attached hydrogen (secondary N) is 1. The molecule has 1 aromatic heterocycles. The van der Waals surface area contributed by atoms with E-state index in [2.05, 4.69) is 10.3 Å². The van der Waals surface area contributed by atoms with Gasteiger partial charge >= 0.3 is 0 Å². The van der Waals surface area contributed by atoms with Gasteiger partial charge in [-0.2, -0.15) is 0 Å². The third kappa shape index (κ3) is 4.06. The normalized spacial score (nSPS) is 14.5. The Bertz CT molecular complexity index is 1030. The Kier molecular flexibility index (Phi) is 5.25. The van der Waals surface area contributed by atoms with E-state index >= 15 is 0 Å². The molecule has 1 aliphatic carbocycles. The van der Waals surface area contributed by atoms with Crippen LogP contribution in [0.25, 0.3) is 11.0 Å². The molecular weight excluding hydrogens is 358 g/mol. The molecule has 1 aliphatic rings. The molecule has 2 aromatic carbocycles. The third-order valence-electron chi connectivity index (χ3n) is 4.81. The first-order valence-electron chi connectivity index (χ1n) is 9.21. The van der Waals surface area contributed by atoms with Crippen LogP contribution in [0.2, 0.25) is 0 Å². The van der Waals surface area contributed by atoms with Gasteiger partial charge in [0.25, 0.3) is 5.56 Å². The standard InChI is InChI=1S/C21H21N3O2S/c25-20(14-24-18-11-5-3-9-16(18)22-13-21(24)26)23-17-10-4-6-12-19(17)27-15-7-1-2-8-15/h3-6,9-13,15H,1-2,7-8,14H2,(H,23,25). The fourth-order valence-electron chi connectivity index (χ4n) is 3.47. The minimum absolute atomic E-state index is 0.0374. The molecule has 0 aliphatic heterocycles. The number of thioether (sulfide) groups is 1. The molecule has 27 heavy (non-hydrogen) atoms. The Balaban J connectivity index is 1.54. The number of anilines is 1. The summed E-state index contributed by atoms with van der Waals surface area (Å²) in [6.45, 7) is -0.0374. The Labute approximate surface area is 161 Å². The van der Waals surface area contributed by atoms with Gasteiger partial charge in [0.1, 0.15) is 6.54 Å². The summed E-state index contributed by atoms with van der Waals surface area (Å²) in [5.41, 5.74) is 1.89. The molecule has 4 rings (SSSR count). The number of carbonyl (C=O) groups excluding carboxylic acids is 1. The van der Waals surface area contributed by atoms with Crippen molar-refractivity contribution >= 4 is 34.4 Å². The lowest BCUT2D eigenvalue weighted by atomic mass is 10.3. The summed E-state index contributed by atoms with van der Waals surface area (Å²) >= 11 is 1.84. The summed E-state index contributed by atoms with van der Waals surface area (Å²) in [6, 6.07) is 15.2. The molecule has 0 radical (unpaired) electrons. The maximum absolute atomic E-state index is 12.7. The zero-order chi connectivity index (χ0) is 18.6. The van der Waals surface area contributed by atoms with Crippen molar-refractivity contribution in [3.8, 4) is 0 Å². The van der Waals surface area contributed by atoms with Gasteiger partial charge in [0, 0.05) is 10.1 Å². The van der Waals surface area contributed by atoms with Crippen molar-refractivity contribution in [2.24, 2.45) is 0 Å². The van der Waals surface area contributed by atoms with Crippen LogP contribution >= 0.6 is 11.8 Å². The molecule has 0 atom stereocenters. The number of amides is 1.